The molecular weight excluding hydrogens is 438 g/mol. The number of aromatic nitrogens is 2. The maximum atomic E-state index is 13.0. The van der Waals surface area contributed by atoms with E-state index in [4.69, 9.17) is 11.6 Å². The van der Waals surface area contributed by atoms with E-state index in [1.165, 1.54) is 9.13 Å². The van der Waals surface area contributed by atoms with Crippen molar-refractivity contribution in [1.29, 1.82) is 0 Å². The number of hydrogen-bond donors (Lipinski definition) is 1. The van der Waals surface area contributed by atoms with Crippen molar-refractivity contribution in [1.82, 2.24) is 14.5 Å². The molecule has 0 aliphatic rings. The van der Waals surface area contributed by atoms with E-state index < -0.39 is 11.1 Å². The van der Waals surface area contributed by atoms with Crippen molar-refractivity contribution < 1.29 is 4.79 Å². The summed E-state index contributed by atoms with van der Waals surface area (Å²) in [7, 11) is 0. The molecule has 0 aliphatic heterocycles. The summed E-state index contributed by atoms with van der Waals surface area (Å²) in [6.07, 6.45) is 0.0822. The van der Waals surface area contributed by atoms with Gasteiger partial charge in [-0.1, -0.05) is 65.7 Å². The lowest BCUT2D eigenvalue weighted by atomic mass is 10.1. The fourth-order valence-electron chi connectivity index (χ4n) is 3.73. The van der Waals surface area contributed by atoms with Crippen molar-refractivity contribution in [2.24, 2.45) is 0 Å². The molecule has 0 saturated heterocycles. The molecule has 4 aromatic rings. The molecule has 7 heteroatoms. The number of benzene rings is 3. The molecule has 0 aliphatic carbocycles. The molecule has 4 rings (SSSR count). The fraction of sp³-hybridized carbons (Fsp3) is 0.192. The quantitative estimate of drug-likeness (QED) is 0.424. The molecular formula is C26H24ClN3O3. The van der Waals surface area contributed by atoms with Crippen molar-refractivity contribution in [2.75, 3.05) is 0 Å². The second kappa shape index (κ2) is 9.88. The molecule has 0 saturated carbocycles. The SMILES string of the molecule is Cc1ccc(Cn2c(=O)c(=O)n(CCC(=O)NCc3ccc(Cl)cc3)c3ccccc32)cc1. The van der Waals surface area contributed by atoms with Gasteiger partial charge in [0.15, 0.2) is 0 Å². The zero-order valence-electron chi connectivity index (χ0n) is 18.3. The highest BCUT2D eigenvalue weighted by Crippen LogP contribution is 2.14. The van der Waals surface area contributed by atoms with Crippen LogP contribution >= 0.6 is 11.6 Å². The van der Waals surface area contributed by atoms with Crippen molar-refractivity contribution in [3.8, 4) is 0 Å². The summed E-state index contributed by atoms with van der Waals surface area (Å²) in [6.45, 7) is 2.78. The van der Waals surface area contributed by atoms with Gasteiger partial charge in [-0.15, -0.1) is 0 Å². The van der Waals surface area contributed by atoms with E-state index in [0.717, 1.165) is 16.7 Å². The summed E-state index contributed by atoms with van der Waals surface area (Å²) in [4.78, 5) is 38.3. The van der Waals surface area contributed by atoms with Crippen molar-refractivity contribution in [3.63, 3.8) is 0 Å². The van der Waals surface area contributed by atoms with Gasteiger partial charge in [-0.3, -0.25) is 19.0 Å². The number of nitrogens with one attached hydrogen (secondary N) is 1. The lowest BCUT2D eigenvalue weighted by Gasteiger charge is -2.15. The average Bonchev–Trinajstić information content (AvgIpc) is 2.82. The maximum absolute atomic E-state index is 13.0. The summed E-state index contributed by atoms with van der Waals surface area (Å²) in [5, 5.41) is 3.47. The number of rotatable bonds is 7. The number of para-hydroxylation sites is 2. The lowest BCUT2D eigenvalue weighted by Crippen LogP contribution is -2.42. The molecule has 0 radical (unpaired) electrons. The Morgan fingerprint density at radius 2 is 1.39 bits per heavy atom. The van der Waals surface area contributed by atoms with Crippen LogP contribution in [-0.4, -0.2) is 15.0 Å². The van der Waals surface area contributed by atoms with Crippen molar-refractivity contribution in [3.05, 3.63) is 115 Å². The van der Waals surface area contributed by atoms with Crippen LogP contribution in [0.3, 0.4) is 0 Å². The number of aryl methyl sites for hydroxylation is 2. The zero-order valence-corrected chi connectivity index (χ0v) is 19.0. The third-order valence-electron chi connectivity index (χ3n) is 5.56. The molecule has 33 heavy (non-hydrogen) atoms. The summed E-state index contributed by atoms with van der Waals surface area (Å²) in [6, 6.07) is 22.3. The fourth-order valence-corrected chi connectivity index (χ4v) is 3.86. The van der Waals surface area contributed by atoms with E-state index in [0.29, 0.717) is 29.1 Å². The van der Waals surface area contributed by atoms with Crippen molar-refractivity contribution in [2.45, 2.75) is 33.0 Å². The second-order valence-corrected chi connectivity index (χ2v) is 8.41. The number of nitrogens with zero attached hydrogens (tertiary/aromatic N) is 2. The number of halogens is 1. The van der Waals surface area contributed by atoms with Gasteiger partial charge in [-0.25, -0.2) is 0 Å². The first-order chi connectivity index (χ1) is 15.9. The molecule has 0 atom stereocenters. The molecule has 1 amide bonds. The third-order valence-corrected chi connectivity index (χ3v) is 5.82. The zero-order chi connectivity index (χ0) is 23.4. The summed E-state index contributed by atoms with van der Waals surface area (Å²) in [5.41, 5.74) is 3.03. The van der Waals surface area contributed by atoms with Crippen molar-refractivity contribution >= 4 is 28.5 Å². The molecule has 3 aromatic carbocycles. The molecule has 168 valence electrons. The van der Waals surface area contributed by atoms with Crippen LogP contribution in [0.4, 0.5) is 0 Å². The highest BCUT2D eigenvalue weighted by Gasteiger charge is 2.14. The second-order valence-electron chi connectivity index (χ2n) is 7.98. The van der Waals surface area contributed by atoms with Crippen LogP contribution in [0, 0.1) is 6.92 Å². The smallest absolute Gasteiger partial charge is 0.317 e. The van der Waals surface area contributed by atoms with Crippen LogP contribution in [0.5, 0.6) is 0 Å². The largest absolute Gasteiger partial charge is 0.352 e. The minimum absolute atomic E-state index is 0.0822. The van der Waals surface area contributed by atoms with E-state index in [1.807, 2.05) is 61.5 Å². The monoisotopic (exact) mass is 461 g/mol. The van der Waals surface area contributed by atoms with Crippen LogP contribution in [-0.2, 0) is 24.4 Å². The Bertz CT molecular complexity index is 1400. The minimum Gasteiger partial charge on any atom is -0.352 e. The molecule has 0 fully saturated rings. The van der Waals surface area contributed by atoms with Gasteiger partial charge in [-0.2, -0.15) is 0 Å². The van der Waals surface area contributed by atoms with E-state index >= 15 is 0 Å². The van der Waals surface area contributed by atoms with Gasteiger partial charge in [-0.05, 0) is 42.3 Å². The predicted molar refractivity (Wildman–Crippen MR) is 131 cm³/mol. The standard InChI is InChI=1S/C26H24ClN3O3/c1-18-6-8-20(9-7-18)17-30-23-5-3-2-4-22(23)29(25(32)26(30)33)15-14-24(31)28-16-19-10-12-21(27)13-11-19/h2-13H,14-17H2,1H3,(H,28,31). The lowest BCUT2D eigenvalue weighted by molar-refractivity contribution is -0.121. The molecule has 0 spiro atoms. The van der Waals surface area contributed by atoms with Gasteiger partial charge >= 0.3 is 11.1 Å². The Labute approximate surface area is 196 Å². The minimum atomic E-state index is -0.633. The van der Waals surface area contributed by atoms with Crippen LogP contribution in [0.1, 0.15) is 23.1 Å². The van der Waals surface area contributed by atoms with Crippen LogP contribution in [0.25, 0.3) is 11.0 Å². The Kier molecular flexibility index (Phi) is 6.75. The Morgan fingerprint density at radius 1 is 0.818 bits per heavy atom. The summed E-state index contributed by atoms with van der Waals surface area (Å²) >= 11 is 5.88. The number of fused-ring (bicyclic) bond motifs is 1. The average molecular weight is 462 g/mol. The highest BCUT2D eigenvalue weighted by molar-refractivity contribution is 6.30. The molecule has 0 unspecified atom stereocenters. The van der Waals surface area contributed by atoms with Gasteiger partial charge < -0.3 is 9.88 Å². The Hall–Kier alpha value is -3.64. The number of carbonyl (C=O) groups is 1. The number of carbonyl (C=O) groups excluding carboxylic acids is 1. The first-order valence-electron chi connectivity index (χ1n) is 10.7. The summed E-state index contributed by atoms with van der Waals surface area (Å²) in [5.74, 6) is -0.204. The van der Waals surface area contributed by atoms with E-state index in [2.05, 4.69) is 5.32 Å². The molecule has 0 bridgehead atoms. The van der Waals surface area contributed by atoms with Gasteiger partial charge in [0, 0.05) is 24.5 Å². The maximum Gasteiger partial charge on any atom is 0.317 e. The predicted octanol–water partition coefficient (Wildman–Crippen LogP) is 3.88. The van der Waals surface area contributed by atoms with Gasteiger partial charge in [0.25, 0.3) is 0 Å². The number of hydrogen-bond acceptors (Lipinski definition) is 3. The summed E-state index contributed by atoms with van der Waals surface area (Å²) < 4.78 is 2.89. The molecule has 6 nitrogen and oxygen atoms in total. The topological polar surface area (TPSA) is 73.1 Å². The molecule has 1 N–H and O–H groups in total. The van der Waals surface area contributed by atoms with Gasteiger partial charge in [0.2, 0.25) is 5.91 Å². The van der Waals surface area contributed by atoms with E-state index in [-0.39, 0.29) is 18.9 Å². The van der Waals surface area contributed by atoms with Gasteiger partial charge in [0.05, 0.1) is 17.6 Å². The van der Waals surface area contributed by atoms with Crippen LogP contribution in [0.2, 0.25) is 5.02 Å². The molecule has 1 aromatic heterocycles. The number of amides is 1. The van der Waals surface area contributed by atoms with Crippen LogP contribution in [0.15, 0.2) is 82.4 Å². The third kappa shape index (κ3) is 5.23. The Morgan fingerprint density at radius 3 is 2.06 bits per heavy atom. The first-order valence-corrected chi connectivity index (χ1v) is 11.1. The molecule has 1 heterocycles. The highest BCUT2D eigenvalue weighted by atomic mass is 35.5. The first kappa shape index (κ1) is 22.6. The van der Waals surface area contributed by atoms with Crippen LogP contribution < -0.4 is 16.4 Å². The normalized spacial score (nSPS) is 11.0. The van der Waals surface area contributed by atoms with E-state index in [9.17, 15) is 14.4 Å². The van der Waals surface area contributed by atoms with Gasteiger partial charge in [0.1, 0.15) is 0 Å². The van der Waals surface area contributed by atoms with E-state index in [1.54, 1.807) is 18.2 Å². The Balaban J connectivity index is 1.55.